The van der Waals surface area contributed by atoms with Crippen LogP contribution in [0.3, 0.4) is 0 Å². The molecule has 214 valence electrons. The fourth-order valence-electron chi connectivity index (χ4n) is 5.21. The number of hydrogen-bond donors (Lipinski definition) is 1. The van der Waals surface area contributed by atoms with E-state index < -0.39 is 73.8 Å². The first-order chi connectivity index (χ1) is 18.7. The summed E-state index contributed by atoms with van der Waals surface area (Å²) in [6, 6.07) is 12.3. The Bertz CT molecular complexity index is 1320. The van der Waals surface area contributed by atoms with Gasteiger partial charge in [0.1, 0.15) is 0 Å². The topological polar surface area (TPSA) is 78.8 Å². The zero-order valence-corrected chi connectivity index (χ0v) is 21.7. The standard InChI is InChI=1S/C28H27F6N3O3/c1-3-16-7-5-9-20-21(16)36-24(38)23(35-22(20)17-8-4-6-15(2)14-17)37-25(39)18(10-12-27(29,30)31)19(26(37)40)11-13-28(32,33)34/h4-9,14,18-19,23H,3,10-13H2,1-2H3,(H,36,38)/t18-,19+,23-/m0/s1. The van der Waals surface area contributed by atoms with Crippen LogP contribution in [-0.2, 0) is 20.8 Å². The van der Waals surface area contributed by atoms with Gasteiger partial charge in [-0.2, -0.15) is 26.3 Å². The third-order valence-corrected chi connectivity index (χ3v) is 7.13. The Morgan fingerprint density at radius 3 is 1.98 bits per heavy atom. The normalized spacial score (nSPS) is 21.7. The zero-order valence-electron chi connectivity index (χ0n) is 21.7. The second-order valence-electron chi connectivity index (χ2n) is 9.97. The Balaban J connectivity index is 1.81. The number of carbonyl (C=O) groups is 3. The third kappa shape index (κ3) is 6.20. The quantitative estimate of drug-likeness (QED) is 0.331. The van der Waals surface area contributed by atoms with E-state index in [1.165, 1.54) is 0 Å². The van der Waals surface area contributed by atoms with Crippen LogP contribution in [0.1, 0.15) is 54.9 Å². The molecule has 2 aromatic carbocycles. The molecule has 40 heavy (non-hydrogen) atoms. The number of benzodiazepines with no additional fused rings is 1. The average molecular weight is 568 g/mol. The first-order valence-electron chi connectivity index (χ1n) is 12.8. The summed E-state index contributed by atoms with van der Waals surface area (Å²) in [5.74, 6) is -6.51. The largest absolute Gasteiger partial charge is 0.389 e. The molecule has 6 nitrogen and oxygen atoms in total. The number of imide groups is 1. The summed E-state index contributed by atoms with van der Waals surface area (Å²) < 4.78 is 78.1. The number of hydrogen-bond acceptors (Lipinski definition) is 4. The molecule has 0 unspecified atom stereocenters. The fourth-order valence-corrected chi connectivity index (χ4v) is 5.21. The molecule has 0 spiro atoms. The van der Waals surface area contributed by atoms with Crippen molar-refractivity contribution < 1.29 is 40.7 Å². The lowest BCUT2D eigenvalue weighted by Crippen LogP contribution is -2.46. The number of nitrogens with one attached hydrogen (secondary N) is 1. The second-order valence-corrected chi connectivity index (χ2v) is 9.97. The molecular formula is C28H27F6N3O3. The summed E-state index contributed by atoms with van der Waals surface area (Å²) in [6.45, 7) is 3.69. The van der Waals surface area contributed by atoms with Crippen molar-refractivity contribution in [2.45, 2.75) is 64.5 Å². The van der Waals surface area contributed by atoms with E-state index in [1.54, 1.807) is 36.4 Å². The monoisotopic (exact) mass is 567 g/mol. The molecule has 0 aromatic heterocycles. The molecule has 1 saturated heterocycles. The first-order valence-corrected chi connectivity index (χ1v) is 12.8. The Kier molecular flexibility index (Phi) is 8.09. The van der Waals surface area contributed by atoms with Gasteiger partial charge in [-0.15, -0.1) is 0 Å². The maximum Gasteiger partial charge on any atom is 0.389 e. The van der Waals surface area contributed by atoms with Crippen molar-refractivity contribution in [3.8, 4) is 0 Å². The highest BCUT2D eigenvalue weighted by Crippen LogP contribution is 2.40. The van der Waals surface area contributed by atoms with Crippen molar-refractivity contribution in [2.24, 2.45) is 16.8 Å². The lowest BCUT2D eigenvalue weighted by atomic mass is 9.87. The number of aryl methyl sites for hydroxylation is 2. The summed E-state index contributed by atoms with van der Waals surface area (Å²) in [6.07, 6.45) is -15.4. The minimum Gasteiger partial charge on any atom is -0.322 e. The molecule has 0 aliphatic carbocycles. The molecule has 3 amide bonds. The maximum absolute atomic E-state index is 13.5. The minimum absolute atomic E-state index is 0.253. The molecule has 4 rings (SSSR count). The Morgan fingerprint density at radius 1 is 0.875 bits per heavy atom. The molecular weight excluding hydrogens is 540 g/mol. The number of aliphatic imine (C=N–C) groups is 1. The lowest BCUT2D eigenvalue weighted by Gasteiger charge is -2.22. The van der Waals surface area contributed by atoms with Gasteiger partial charge in [-0.3, -0.25) is 14.4 Å². The minimum atomic E-state index is -4.69. The van der Waals surface area contributed by atoms with Crippen molar-refractivity contribution >= 4 is 29.1 Å². The molecule has 2 aliphatic heterocycles. The number of benzene rings is 2. The summed E-state index contributed by atoms with van der Waals surface area (Å²) in [5.41, 5.74) is 3.29. The van der Waals surface area contributed by atoms with Crippen molar-refractivity contribution in [1.29, 1.82) is 0 Å². The molecule has 12 heteroatoms. The van der Waals surface area contributed by atoms with Crippen molar-refractivity contribution in [2.75, 3.05) is 5.32 Å². The summed E-state index contributed by atoms with van der Waals surface area (Å²) in [5, 5.41) is 2.71. The predicted molar refractivity (Wildman–Crippen MR) is 134 cm³/mol. The molecule has 3 atom stereocenters. The van der Waals surface area contributed by atoms with Gasteiger partial charge < -0.3 is 5.32 Å². The first kappa shape index (κ1) is 29.3. The van der Waals surface area contributed by atoms with E-state index in [-0.39, 0.29) is 5.71 Å². The van der Waals surface area contributed by atoms with Crippen LogP contribution >= 0.6 is 0 Å². The summed E-state index contributed by atoms with van der Waals surface area (Å²) >= 11 is 0. The van der Waals surface area contributed by atoms with E-state index in [2.05, 4.69) is 10.3 Å². The smallest absolute Gasteiger partial charge is 0.322 e. The van der Waals surface area contributed by atoms with Gasteiger partial charge in [0.25, 0.3) is 5.91 Å². The highest BCUT2D eigenvalue weighted by molar-refractivity contribution is 6.21. The maximum atomic E-state index is 13.5. The molecule has 0 radical (unpaired) electrons. The molecule has 2 heterocycles. The second kappa shape index (κ2) is 11.1. The molecule has 1 N–H and O–H groups in total. The Hall–Kier alpha value is -3.70. The number of carbonyl (C=O) groups excluding carboxylic acids is 3. The number of para-hydroxylation sites is 1. The van der Waals surface area contributed by atoms with Crippen LogP contribution in [0.25, 0.3) is 0 Å². The summed E-state index contributed by atoms with van der Waals surface area (Å²) in [4.78, 5) is 45.3. The van der Waals surface area contributed by atoms with E-state index in [1.807, 2.05) is 19.9 Å². The molecule has 1 fully saturated rings. The van der Waals surface area contributed by atoms with Crippen molar-refractivity contribution in [1.82, 2.24) is 4.90 Å². The number of nitrogens with zero attached hydrogens (tertiary/aromatic N) is 2. The lowest BCUT2D eigenvalue weighted by molar-refractivity contribution is -0.147. The number of amides is 3. The van der Waals surface area contributed by atoms with Crippen molar-refractivity contribution in [3.63, 3.8) is 0 Å². The van der Waals surface area contributed by atoms with Crippen molar-refractivity contribution in [3.05, 3.63) is 64.7 Å². The van der Waals surface area contributed by atoms with Crippen LogP contribution in [0.4, 0.5) is 32.0 Å². The highest BCUT2D eigenvalue weighted by atomic mass is 19.4. The predicted octanol–water partition coefficient (Wildman–Crippen LogP) is 5.96. The number of rotatable bonds is 7. The molecule has 0 saturated carbocycles. The van der Waals surface area contributed by atoms with Gasteiger partial charge in [0.15, 0.2) is 0 Å². The third-order valence-electron chi connectivity index (χ3n) is 7.13. The zero-order chi connectivity index (χ0) is 29.4. The van der Waals surface area contributed by atoms with E-state index in [9.17, 15) is 40.7 Å². The van der Waals surface area contributed by atoms with Gasteiger partial charge in [-0.1, -0.05) is 48.9 Å². The van der Waals surface area contributed by atoms with E-state index in [0.717, 1.165) is 11.1 Å². The Labute approximate surface area is 226 Å². The summed E-state index contributed by atoms with van der Waals surface area (Å²) in [7, 11) is 0. The van der Waals surface area contributed by atoms with Crippen LogP contribution in [0.2, 0.25) is 0 Å². The Morgan fingerprint density at radius 2 is 1.45 bits per heavy atom. The number of fused-ring (bicyclic) bond motifs is 1. The molecule has 2 aromatic rings. The van der Waals surface area contributed by atoms with Crippen LogP contribution in [0, 0.1) is 18.8 Å². The number of alkyl halides is 6. The fraction of sp³-hybridized carbons (Fsp3) is 0.429. The van der Waals surface area contributed by atoms with Crippen LogP contribution < -0.4 is 5.32 Å². The number of anilines is 1. The molecule has 0 bridgehead atoms. The van der Waals surface area contributed by atoms with E-state index >= 15 is 0 Å². The van der Waals surface area contributed by atoms with Gasteiger partial charge >= 0.3 is 12.4 Å². The average Bonchev–Trinajstić information content (AvgIpc) is 2.99. The van der Waals surface area contributed by atoms with Gasteiger partial charge in [-0.25, -0.2) is 9.89 Å². The van der Waals surface area contributed by atoms with E-state index in [4.69, 9.17) is 0 Å². The van der Waals surface area contributed by atoms with Crippen LogP contribution in [0.15, 0.2) is 47.5 Å². The van der Waals surface area contributed by atoms with Crippen LogP contribution in [0.5, 0.6) is 0 Å². The van der Waals surface area contributed by atoms with E-state index in [0.29, 0.717) is 28.1 Å². The number of halogens is 6. The number of likely N-dealkylation sites (tertiary alicyclic amines) is 1. The molecule has 2 aliphatic rings. The van der Waals surface area contributed by atoms with Gasteiger partial charge in [0.05, 0.1) is 23.2 Å². The van der Waals surface area contributed by atoms with Gasteiger partial charge in [0, 0.05) is 24.0 Å². The SMILES string of the molecule is CCc1cccc2c1NC(=O)[C@H](N1C(=O)[C@@H](CCC(F)(F)F)[C@@H](CCC(F)(F)F)C1=O)N=C2c1cccc(C)c1. The van der Waals surface area contributed by atoms with Crippen LogP contribution in [-0.4, -0.2) is 46.9 Å². The van der Waals surface area contributed by atoms with Gasteiger partial charge in [-0.05, 0) is 37.8 Å². The van der Waals surface area contributed by atoms with Gasteiger partial charge in [0.2, 0.25) is 18.0 Å². The highest BCUT2D eigenvalue weighted by Gasteiger charge is 2.53.